The summed E-state index contributed by atoms with van der Waals surface area (Å²) in [5, 5.41) is 12.5. The van der Waals surface area contributed by atoms with Crippen molar-refractivity contribution in [3.8, 4) is 11.9 Å². The average Bonchev–Trinajstić information content (AvgIpc) is 2.61. The van der Waals surface area contributed by atoms with Gasteiger partial charge in [-0.15, -0.1) is 0 Å². The topological polar surface area (TPSA) is 104 Å². The molecule has 1 aromatic carbocycles. The number of rotatable bonds is 4. The number of H-pyrrole nitrogens is 1. The Bertz CT molecular complexity index is 1090. The van der Waals surface area contributed by atoms with Crippen molar-refractivity contribution in [3.63, 3.8) is 0 Å². The summed E-state index contributed by atoms with van der Waals surface area (Å²) < 4.78 is 18.6. The van der Waals surface area contributed by atoms with Crippen molar-refractivity contribution in [1.29, 1.82) is 5.26 Å². The first-order chi connectivity index (χ1) is 12.4. The molecule has 7 nitrogen and oxygen atoms in total. The Hall–Kier alpha value is -3.18. The first-order valence-electron chi connectivity index (χ1n) is 7.52. The van der Waals surface area contributed by atoms with E-state index in [1.807, 2.05) is 6.07 Å². The molecule has 3 rings (SSSR count). The smallest absolute Gasteiger partial charge is 0.253 e. The van der Waals surface area contributed by atoms with Crippen molar-refractivity contribution in [2.75, 3.05) is 12.4 Å². The van der Waals surface area contributed by atoms with Gasteiger partial charge in [-0.1, -0.05) is 11.6 Å². The number of methoxy groups -OCH3 is 1. The van der Waals surface area contributed by atoms with Crippen LogP contribution in [-0.4, -0.2) is 22.1 Å². The molecule has 0 saturated heterocycles. The monoisotopic (exact) mass is 373 g/mol. The fourth-order valence-corrected chi connectivity index (χ4v) is 2.78. The number of aromatic nitrogens is 3. The van der Waals surface area contributed by atoms with Crippen LogP contribution in [0.3, 0.4) is 0 Å². The van der Waals surface area contributed by atoms with Crippen LogP contribution in [0.4, 0.5) is 10.3 Å². The van der Waals surface area contributed by atoms with Crippen LogP contribution >= 0.6 is 11.6 Å². The molecule has 0 aliphatic heterocycles. The van der Waals surface area contributed by atoms with Crippen LogP contribution in [0.25, 0.3) is 10.9 Å². The third-order valence-corrected chi connectivity index (χ3v) is 4.08. The number of hydrogen-bond acceptors (Lipinski definition) is 6. The van der Waals surface area contributed by atoms with E-state index in [9.17, 15) is 9.18 Å². The van der Waals surface area contributed by atoms with E-state index in [2.05, 4.69) is 20.3 Å². The lowest BCUT2D eigenvalue weighted by atomic mass is 10.1. The van der Waals surface area contributed by atoms with Gasteiger partial charge in [0.1, 0.15) is 17.4 Å². The maximum atomic E-state index is 13.6. The number of halogens is 2. The molecule has 0 saturated carbocycles. The van der Waals surface area contributed by atoms with Gasteiger partial charge in [-0.2, -0.15) is 10.2 Å². The number of benzene rings is 1. The van der Waals surface area contributed by atoms with E-state index >= 15 is 0 Å². The normalized spacial score (nSPS) is 11.8. The lowest BCUT2D eigenvalue weighted by molar-refractivity contribution is 0.396. The second-order valence-electron chi connectivity index (χ2n) is 5.50. The van der Waals surface area contributed by atoms with E-state index in [-0.39, 0.29) is 28.0 Å². The summed E-state index contributed by atoms with van der Waals surface area (Å²) in [5.74, 6) is -0.190. The zero-order valence-corrected chi connectivity index (χ0v) is 14.6. The average molecular weight is 374 g/mol. The highest BCUT2D eigenvalue weighted by Crippen LogP contribution is 2.25. The van der Waals surface area contributed by atoms with Crippen LogP contribution < -0.4 is 15.6 Å². The molecule has 0 unspecified atom stereocenters. The van der Waals surface area contributed by atoms with Gasteiger partial charge in [0.05, 0.1) is 29.9 Å². The molecule has 0 spiro atoms. The Labute approximate surface area is 152 Å². The van der Waals surface area contributed by atoms with E-state index in [1.165, 1.54) is 19.4 Å². The molecular formula is C17H13ClFN5O2. The summed E-state index contributed by atoms with van der Waals surface area (Å²) >= 11 is 5.97. The number of ether oxygens (including phenoxy) is 1. The summed E-state index contributed by atoms with van der Waals surface area (Å²) in [7, 11) is 1.39. The molecular weight excluding hydrogens is 361 g/mol. The molecule has 0 fully saturated rings. The van der Waals surface area contributed by atoms with Crippen LogP contribution in [0.15, 0.2) is 29.2 Å². The number of fused-ring (bicyclic) bond motifs is 1. The highest BCUT2D eigenvalue weighted by molar-refractivity contribution is 6.35. The zero-order chi connectivity index (χ0) is 18.8. The largest absolute Gasteiger partial charge is 0.480 e. The molecule has 132 valence electrons. The molecule has 0 aliphatic rings. The van der Waals surface area contributed by atoms with Gasteiger partial charge in [-0.05, 0) is 25.1 Å². The van der Waals surface area contributed by atoms with Gasteiger partial charge in [-0.3, -0.25) is 4.79 Å². The quantitative estimate of drug-likeness (QED) is 0.728. The van der Waals surface area contributed by atoms with E-state index in [4.69, 9.17) is 21.6 Å². The van der Waals surface area contributed by atoms with E-state index in [1.54, 1.807) is 13.0 Å². The van der Waals surface area contributed by atoms with Crippen molar-refractivity contribution in [3.05, 3.63) is 56.7 Å². The van der Waals surface area contributed by atoms with Gasteiger partial charge >= 0.3 is 0 Å². The Balaban J connectivity index is 1.98. The number of aromatic amines is 1. The molecule has 0 radical (unpaired) electrons. The van der Waals surface area contributed by atoms with Crippen LogP contribution in [0.1, 0.15) is 24.1 Å². The standard InChI is InChI=1S/C17H13ClFN5O2/c1-8(22-17-21-7-10(6-20)16(24-17)26-2)12-4-9-3-11(19)5-13(18)14(9)23-15(12)25/h3-5,7-8H,1-2H3,(H,23,25)(H,21,22,24)/t8-/m0/s1. The minimum absolute atomic E-state index is 0.124. The van der Waals surface area contributed by atoms with Gasteiger partial charge in [-0.25, -0.2) is 9.37 Å². The Morgan fingerprint density at radius 3 is 2.88 bits per heavy atom. The minimum atomic E-state index is -0.499. The van der Waals surface area contributed by atoms with Crippen LogP contribution in [0.2, 0.25) is 5.02 Å². The third kappa shape index (κ3) is 3.30. The Morgan fingerprint density at radius 1 is 1.42 bits per heavy atom. The molecule has 2 N–H and O–H groups in total. The third-order valence-electron chi connectivity index (χ3n) is 3.78. The van der Waals surface area contributed by atoms with Crippen molar-refractivity contribution in [2.45, 2.75) is 13.0 Å². The molecule has 0 amide bonds. The first-order valence-corrected chi connectivity index (χ1v) is 7.90. The lowest BCUT2D eigenvalue weighted by Gasteiger charge is -2.15. The Kier molecular flexibility index (Phi) is 4.73. The van der Waals surface area contributed by atoms with Gasteiger partial charge in [0.2, 0.25) is 11.8 Å². The molecule has 26 heavy (non-hydrogen) atoms. The van der Waals surface area contributed by atoms with Crippen molar-refractivity contribution < 1.29 is 9.13 Å². The fraction of sp³-hybridized carbons (Fsp3) is 0.176. The molecule has 3 aromatic rings. The minimum Gasteiger partial charge on any atom is -0.480 e. The van der Waals surface area contributed by atoms with Gasteiger partial charge in [0, 0.05) is 10.9 Å². The highest BCUT2D eigenvalue weighted by atomic mass is 35.5. The maximum Gasteiger partial charge on any atom is 0.253 e. The molecule has 0 aliphatic carbocycles. The number of nitrogens with zero attached hydrogens (tertiary/aromatic N) is 3. The Morgan fingerprint density at radius 2 is 2.19 bits per heavy atom. The fourth-order valence-electron chi connectivity index (χ4n) is 2.52. The predicted molar refractivity (Wildman–Crippen MR) is 94.9 cm³/mol. The summed E-state index contributed by atoms with van der Waals surface area (Å²) in [5.41, 5.74) is 0.544. The first kappa shape index (κ1) is 17.6. The number of hydrogen-bond donors (Lipinski definition) is 2. The molecule has 9 heteroatoms. The van der Waals surface area contributed by atoms with Crippen molar-refractivity contribution in [1.82, 2.24) is 15.0 Å². The molecule has 0 bridgehead atoms. The second-order valence-corrected chi connectivity index (χ2v) is 5.91. The van der Waals surface area contributed by atoms with Crippen LogP contribution in [0.5, 0.6) is 5.88 Å². The second kappa shape index (κ2) is 6.98. The van der Waals surface area contributed by atoms with E-state index in [0.717, 1.165) is 6.07 Å². The summed E-state index contributed by atoms with van der Waals surface area (Å²) in [4.78, 5) is 23.1. The molecule has 2 heterocycles. The lowest BCUT2D eigenvalue weighted by Crippen LogP contribution is -2.20. The summed E-state index contributed by atoms with van der Waals surface area (Å²) in [6.45, 7) is 1.73. The van der Waals surface area contributed by atoms with E-state index < -0.39 is 11.9 Å². The number of anilines is 1. The summed E-state index contributed by atoms with van der Waals surface area (Å²) in [6, 6.07) is 5.40. The predicted octanol–water partition coefficient (Wildman–Crippen LogP) is 3.16. The SMILES string of the molecule is COc1nc(N[C@@H](C)c2cc3cc(F)cc(Cl)c3[nH]c2=O)ncc1C#N. The highest BCUT2D eigenvalue weighted by Gasteiger charge is 2.15. The van der Waals surface area contributed by atoms with Crippen molar-refractivity contribution >= 4 is 28.5 Å². The number of pyridine rings is 1. The van der Waals surface area contributed by atoms with Crippen LogP contribution in [-0.2, 0) is 0 Å². The van der Waals surface area contributed by atoms with Crippen molar-refractivity contribution in [2.24, 2.45) is 0 Å². The van der Waals surface area contributed by atoms with Gasteiger partial charge in [0.15, 0.2) is 0 Å². The molecule has 1 atom stereocenters. The van der Waals surface area contributed by atoms with Crippen LogP contribution in [0, 0.1) is 17.1 Å². The number of nitrogens with one attached hydrogen (secondary N) is 2. The maximum absolute atomic E-state index is 13.6. The van der Waals surface area contributed by atoms with E-state index in [0.29, 0.717) is 16.5 Å². The number of nitriles is 1. The zero-order valence-electron chi connectivity index (χ0n) is 13.8. The van der Waals surface area contributed by atoms with Gasteiger partial charge in [0.25, 0.3) is 5.56 Å². The van der Waals surface area contributed by atoms with Gasteiger partial charge < -0.3 is 15.0 Å². The molecule has 2 aromatic heterocycles. The summed E-state index contributed by atoms with van der Waals surface area (Å²) in [6.07, 6.45) is 1.32.